The number of ketones is 1. The van der Waals surface area contributed by atoms with Crippen molar-refractivity contribution >= 4 is 29.9 Å². The maximum absolute atomic E-state index is 12.9. The highest BCUT2D eigenvalue weighted by Gasteiger charge is 2.27. The van der Waals surface area contributed by atoms with Gasteiger partial charge in [0.25, 0.3) is 0 Å². The zero-order chi connectivity index (χ0) is 21.2. The van der Waals surface area contributed by atoms with E-state index in [4.69, 9.17) is 16.6 Å². The zero-order valence-electron chi connectivity index (χ0n) is 16.3. The van der Waals surface area contributed by atoms with Gasteiger partial charge in [0, 0.05) is 42.8 Å². The smallest absolute Gasteiger partial charge is 0.303 e. The molecule has 0 bridgehead atoms. The first kappa shape index (κ1) is 22.3. The van der Waals surface area contributed by atoms with Crippen molar-refractivity contribution in [1.82, 2.24) is 10.3 Å². The van der Waals surface area contributed by atoms with Gasteiger partial charge in [-0.3, -0.25) is 19.4 Å². The van der Waals surface area contributed by atoms with Crippen LogP contribution < -0.4 is 22.1 Å². The average molecular weight is 404 g/mol. The van der Waals surface area contributed by atoms with Gasteiger partial charge in [-0.05, 0) is 44.2 Å². The number of pyridine rings is 1. The lowest BCUT2D eigenvalue weighted by Crippen LogP contribution is -2.23. The normalized spacial score (nSPS) is 15.7. The highest BCUT2D eigenvalue weighted by molar-refractivity contribution is 5.98. The molecule has 10 heteroatoms. The molecule has 0 aliphatic carbocycles. The number of hydrogen-bond acceptors (Lipinski definition) is 6. The van der Waals surface area contributed by atoms with Gasteiger partial charge >= 0.3 is 5.97 Å². The number of aliphatic imine (C=N–C) groups is 1. The molecule has 1 aromatic heterocycles. The van der Waals surface area contributed by atoms with Crippen LogP contribution in [0.2, 0.25) is 0 Å². The quantitative estimate of drug-likeness (QED) is 0.111. The zero-order valence-corrected chi connectivity index (χ0v) is 16.3. The standard InChI is InChI=1S/C19H28N6O4/c20-19(21)23-8-2-1-5-15(27)13-10-24-18(25-11-26)12(6-7-16(28)29)17(13)14-4-3-9-22-14/h10-11,14,22H,1-9H2,(H,28,29)(H4,20,21,23)(H,24,25,26). The van der Waals surface area contributed by atoms with Crippen LogP contribution in [0.25, 0.3) is 0 Å². The van der Waals surface area contributed by atoms with Gasteiger partial charge in [0.05, 0.1) is 0 Å². The number of Topliss-reactive ketones (excluding diaryl/α,β-unsaturated/α-hetero) is 1. The number of nitrogens with one attached hydrogen (secondary N) is 2. The van der Waals surface area contributed by atoms with Crippen molar-refractivity contribution in [2.75, 3.05) is 18.4 Å². The molecule has 0 spiro atoms. The number of rotatable bonds is 12. The van der Waals surface area contributed by atoms with Gasteiger partial charge in [0.15, 0.2) is 11.7 Å². The van der Waals surface area contributed by atoms with E-state index in [1.807, 2.05) is 0 Å². The van der Waals surface area contributed by atoms with Crippen LogP contribution in [-0.2, 0) is 16.0 Å². The third kappa shape index (κ3) is 6.53. The first-order valence-corrected chi connectivity index (χ1v) is 9.69. The van der Waals surface area contributed by atoms with Gasteiger partial charge in [-0.1, -0.05) is 0 Å². The fourth-order valence-corrected chi connectivity index (χ4v) is 3.52. The summed E-state index contributed by atoms with van der Waals surface area (Å²) >= 11 is 0. The number of carboxylic acid groups (broad SMARTS) is 1. The Kier molecular flexibility index (Phi) is 8.53. The molecule has 1 aliphatic rings. The van der Waals surface area contributed by atoms with Gasteiger partial charge < -0.3 is 27.2 Å². The summed E-state index contributed by atoms with van der Waals surface area (Å²) in [5, 5.41) is 15.0. The van der Waals surface area contributed by atoms with Crippen LogP contribution in [0.5, 0.6) is 0 Å². The number of carbonyl (C=O) groups excluding carboxylic acids is 2. The predicted octanol–water partition coefficient (Wildman–Crippen LogP) is 0.718. The minimum absolute atomic E-state index is 0.0245. The molecule has 2 heterocycles. The summed E-state index contributed by atoms with van der Waals surface area (Å²) < 4.78 is 0. The monoisotopic (exact) mass is 404 g/mol. The number of guanidine groups is 1. The maximum Gasteiger partial charge on any atom is 0.303 e. The second-order valence-electron chi connectivity index (χ2n) is 6.90. The van der Waals surface area contributed by atoms with Crippen molar-refractivity contribution < 1.29 is 19.5 Å². The topological polar surface area (TPSA) is 173 Å². The van der Waals surface area contributed by atoms with Crippen molar-refractivity contribution in [2.45, 2.75) is 51.0 Å². The minimum atomic E-state index is -0.955. The molecule has 158 valence electrons. The van der Waals surface area contributed by atoms with E-state index in [0.717, 1.165) is 24.9 Å². The number of anilines is 1. The van der Waals surface area contributed by atoms with E-state index in [2.05, 4.69) is 20.6 Å². The Morgan fingerprint density at radius 1 is 1.34 bits per heavy atom. The van der Waals surface area contributed by atoms with Gasteiger partial charge in [0.1, 0.15) is 5.82 Å². The summed E-state index contributed by atoms with van der Waals surface area (Å²) in [6.45, 7) is 1.27. The number of unbranched alkanes of at least 4 members (excludes halogenated alkanes) is 1. The number of aromatic nitrogens is 1. The van der Waals surface area contributed by atoms with Gasteiger partial charge in [-0.25, -0.2) is 4.98 Å². The maximum atomic E-state index is 12.9. The van der Waals surface area contributed by atoms with E-state index >= 15 is 0 Å². The Balaban J connectivity index is 2.30. The summed E-state index contributed by atoms with van der Waals surface area (Å²) in [6.07, 6.45) is 5.41. The number of carboxylic acids is 1. The molecule has 0 saturated carbocycles. The Morgan fingerprint density at radius 3 is 2.76 bits per heavy atom. The minimum Gasteiger partial charge on any atom is -0.481 e. The molecular formula is C19H28N6O4. The van der Waals surface area contributed by atoms with Crippen LogP contribution in [0.4, 0.5) is 5.82 Å². The van der Waals surface area contributed by atoms with Crippen LogP contribution in [0.1, 0.15) is 66.1 Å². The molecule has 0 aromatic carbocycles. The number of nitrogens with two attached hydrogens (primary N) is 2. The molecule has 1 aromatic rings. The molecular weight excluding hydrogens is 376 g/mol. The number of carbonyl (C=O) groups is 3. The van der Waals surface area contributed by atoms with Crippen LogP contribution >= 0.6 is 0 Å². The molecule has 1 aliphatic heterocycles. The number of nitrogens with zero attached hydrogens (tertiary/aromatic N) is 2. The van der Waals surface area contributed by atoms with E-state index in [1.54, 1.807) is 0 Å². The molecule has 10 nitrogen and oxygen atoms in total. The van der Waals surface area contributed by atoms with Gasteiger partial charge in [-0.15, -0.1) is 0 Å². The Hall–Kier alpha value is -3.01. The Bertz CT molecular complexity index is 770. The fraction of sp³-hybridized carbons (Fsp3) is 0.526. The third-order valence-corrected chi connectivity index (χ3v) is 4.82. The SMILES string of the molecule is NC(N)=NCCCCC(=O)c1cnc(NC=O)c(CCC(=O)O)c1C1CCCN1. The van der Waals surface area contributed by atoms with E-state index in [1.165, 1.54) is 6.20 Å². The summed E-state index contributed by atoms with van der Waals surface area (Å²) in [5.41, 5.74) is 12.4. The summed E-state index contributed by atoms with van der Waals surface area (Å²) in [4.78, 5) is 43.2. The van der Waals surface area contributed by atoms with Crippen LogP contribution in [0, 0.1) is 0 Å². The van der Waals surface area contributed by atoms with E-state index in [-0.39, 0.29) is 30.6 Å². The molecule has 29 heavy (non-hydrogen) atoms. The molecule has 1 atom stereocenters. The molecule has 1 amide bonds. The summed E-state index contributed by atoms with van der Waals surface area (Å²) in [6, 6.07) is -0.0745. The Morgan fingerprint density at radius 2 is 2.14 bits per heavy atom. The van der Waals surface area contributed by atoms with Crippen LogP contribution in [0.15, 0.2) is 11.2 Å². The molecule has 7 N–H and O–H groups in total. The van der Waals surface area contributed by atoms with Crippen LogP contribution in [0.3, 0.4) is 0 Å². The highest BCUT2D eigenvalue weighted by Crippen LogP contribution is 2.33. The van der Waals surface area contributed by atoms with Crippen molar-refractivity contribution in [1.29, 1.82) is 0 Å². The molecule has 1 unspecified atom stereocenters. The molecule has 1 saturated heterocycles. The van der Waals surface area contributed by atoms with Crippen molar-refractivity contribution in [3.63, 3.8) is 0 Å². The van der Waals surface area contributed by atoms with E-state index < -0.39 is 5.97 Å². The van der Waals surface area contributed by atoms with Gasteiger partial charge in [0.2, 0.25) is 6.41 Å². The second-order valence-corrected chi connectivity index (χ2v) is 6.90. The third-order valence-electron chi connectivity index (χ3n) is 4.82. The molecule has 2 rings (SSSR count). The fourth-order valence-electron chi connectivity index (χ4n) is 3.52. The van der Waals surface area contributed by atoms with Crippen molar-refractivity contribution in [3.05, 3.63) is 22.9 Å². The lowest BCUT2D eigenvalue weighted by Gasteiger charge is -2.21. The number of aliphatic carboxylic acids is 1. The Labute approximate surface area is 169 Å². The molecule has 1 fully saturated rings. The average Bonchev–Trinajstić information content (AvgIpc) is 3.20. The lowest BCUT2D eigenvalue weighted by atomic mass is 9.89. The number of hydrogen-bond donors (Lipinski definition) is 5. The number of amides is 1. The van der Waals surface area contributed by atoms with Crippen LogP contribution in [-0.4, -0.2) is 47.3 Å². The van der Waals surface area contributed by atoms with Crippen molar-refractivity contribution in [3.8, 4) is 0 Å². The first-order chi connectivity index (χ1) is 13.9. The molecule has 0 radical (unpaired) electrons. The highest BCUT2D eigenvalue weighted by atomic mass is 16.4. The summed E-state index contributed by atoms with van der Waals surface area (Å²) in [5.74, 6) is -0.699. The van der Waals surface area contributed by atoms with Crippen molar-refractivity contribution in [2.24, 2.45) is 16.5 Å². The van der Waals surface area contributed by atoms with Gasteiger partial charge in [-0.2, -0.15) is 0 Å². The summed E-state index contributed by atoms with van der Waals surface area (Å²) in [7, 11) is 0. The first-order valence-electron chi connectivity index (χ1n) is 9.69. The second kappa shape index (κ2) is 11.1. The predicted molar refractivity (Wildman–Crippen MR) is 109 cm³/mol. The largest absolute Gasteiger partial charge is 0.481 e. The lowest BCUT2D eigenvalue weighted by molar-refractivity contribution is -0.136. The van der Waals surface area contributed by atoms with E-state index in [0.29, 0.717) is 49.2 Å². The van der Waals surface area contributed by atoms with E-state index in [9.17, 15) is 14.4 Å².